The third kappa shape index (κ3) is 3.77. The molecule has 0 amide bonds. The van der Waals surface area contributed by atoms with Gasteiger partial charge in [-0.2, -0.15) is 0 Å². The number of likely N-dealkylation sites (tertiary alicyclic amines) is 1. The number of hydrogen-bond donors (Lipinski definition) is 0. The summed E-state index contributed by atoms with van der Waals surface area (Å²) in [6, 6.07) is 9.90. The van der Waals surface area contributed by atoms with Crippen LogP contribution in [0.3, 0.4) is 0 Å². The Morgan fingerprint density at radius 2 is 2.09 bits per heavy atom. The Hall–Kier alpha value is -1.78. The van der Waals surface area contributed by atoms with Gasteiger partial charge in [0, 0.05) is 30.8 Å². The molecule has 0 spiro atoms. The molecule has 2 heterocycles. The lowest BCUT2D eigenvalue weighted by molar-refractivity contribution is 0.325. The van der Waals surface area contributed by atoms with E-state index >= 15 is 0 Å². The quantitative estimate of drug-likeness (QED) is 0.781. The number of halogens is 1. The maximum absolute atomic E-state index is 5.84. The highest BCUT2D eigenvalue weighted by molar-refractivity contribution is 6.29. The summed E-state index contributed by atoms with van der Waals surface area (Å²) < 4.78 is 10.9. The first-order chi connectivity index (χ1) is 11.2. The normalized spacial score (nSPS) is 18.1. The summed E-state index contributed by atoms with van der Waals surface area (Å²) in [6.45, 7) is 2.97. The molecule has 122 valence electrons. The zero-order valence-corrected chi connectivity index (χ0v) is 14.2. The molecular formula is C18H21ClN2O2. The molecule has 1 saturated heterocycles. The van der Waals surface area contributed by atoms with Crippen LogP contribution >= 0.6 is 11.6 Å². The summed E-state index contributed by atoms with van der Waals surface area (Å²) in [5, 5.41) is 0.536. The average Bonchev–Trinajstić information content (AvgIpc) is 3.04. The van der Waals surface area contributed by atoms with E-state index in [2.05, 4.69) is 16.0 Å². The minimum Gasteiger partial charge on any atom is -0.497 e. The second-order valence-corrected chi connectivity index (χ2v) is 6.21. The van der Waals surface area contributed by atoms with E-state index in [1.807, 2.05) is 30.5 Å². The molecule has 0 radical (unpaired) electrons. The van der Waals surface area contributed by atoms with Crippen molar-refractivity contribution in [2.75, 3.05) is 27.3 Å². The summed E-state index contributed by atoms with van der Waals surface area (Å²) >= 11 is 5.84. The summed E-state index contributed by atoms with van der Waals surface area (Å²) in [4.78, 5) is 6.59. The van der Waals surface area contributed by atoms with Gasteiger partial charge in [0.1, 0.15) is 16.7 Å². The molecule has 0 aliphatic carbocycles. The second kappa shape index (κ2) is 7.20. The van der Waals surface area contributed by atoms with Crippen molar-refractivity contribution in [3.8, 4) is 11.5 Å². The molecule has 1 aromatic heterocycles. The predicted octanol–water partition coefficient (Wildman–Crippen LogP) is 3.74. The van der Waals surface area contributed by atoms with Crippen molar-refractivity contribution in [1.29, 1.82) is 0 Å². The number of hydrogen-bond acceptors (Lipinski definition) is 4. The lowest BCUT2D eigenvalue weighted by Crippen LogP contribution is -2.20. The Morgan fingerprint density at radius 3 is 2.78 bits per heavy atom. The standard InChI is InChI=1S/C18H21ClN2O2/c1-22-15-4-5-17(23-2)16(9-15)14-7-8-21(12-14)11-13-3-6-18(19)20-10-13/h3-6,9-10,14H,7-8,11-12H2,1-2H3/t14-/m1/s1. The fourth-order valence-electron chi connectivity index (χ4n) is 3.15. The SMILES string of the molecule is COc1ccc(OC)c([C@@H]2CCN(Cc3ccc(Cl)nc3)C2)c1. The number of benzene rings is 1. The lowest BCUT2D eigenvalue weighted by Gasteiger charge is -2.18. The number of aromatic nitrogens is 1. The maximum atomic E-state index is 5.84. The smallest absolute Gasteiger partial charge is 0.129 e. The van der Waals surface area contributed by atoms with Crippen molar-refractivity contribution >= 4 is 11.6 Å². The molecular weight excluding hydrogens is 312 g/mol. The van der Waals surface area contributed by atoms with Gasteiger partial charge in [0.05, 0.1) is 14.2 Å². The van der Waals surface area contributed by atoms with Crippen LogP contribution in [-0.2, 0) is 6.54 Å². The van der Waals surface area contributed by atoms with Crippen LogP contribution < -0.4 is 9.47 Å². The zero-order chi connectivity index (χ0) is 16.2. The summed E-state index contributed by atoms with van der Waals surface area (Å²) in [5.74, 6) is 2.27. The van der Waals surface area contributed by atoms with E-state index in [9.17, 15) is 0 Å². The number of methoxy groups -OCH3 is 2. The van der Waals surface area contributed by atoms with Crippen LogP contribution in [0.25, 0.3) is 0 Å². The first-order valence-corrected chi connectivity index (χ1v) is 8.12. The van der Waals surface area contributed by atoms with Crippen molar-refractivity contribution in [2.45, 2.75) is 18.9 Å². The Labute approximate surface area is 142 Å². The van der Waals surface area contributed by atoms with Gasteiger partial charge < -0.3 is 9.47 Å². The lowest BCUT2D eigenvalue weighted by atomic mass is 9.97. The van der Waals surface area contributed by atoms with Crippen molar-refractivity contribution in [1.82, 2.24) is 9.88 Å². The van der Waals surface area contributed by atoms with E-state index in [-0.39, 0.29) is 0 Å². The van der Waals surface area contributed by atoms with Crippen molar-refractivity contribution in [2.24, 2.45) is 0 Å². The zero-order valence-electron chi connectivity index (χ0n) is 13.5. The third-order valence-corrected chi connectivity index (χ3v) is 4.57. The fourth-order valence-corrected chi connectivity index (χ4v) is 3.26. The molecule has 1 fully saturated rings. The minimum atomic E-state index is 0.459. The molecule has 4 nitrogen and oxygen atoms in total. The van der Waals surface area contributed by atoms with E-state index in [1.54, 1.807) is 14.2 Å². The van der Waals surface area contributed by atoms with Gasteiger partial charge in [0.2, 0.25) is 0 Å². The molecule has 1 aliphatic heterocycles. The predicted molar refractivity (Wildman–Crippen MR) is 91.4 cm³/mol. The van der Waals surface area contributed by atoms with Gasteiger partial charge >= 0.3 is 0 Å². The molecule has 23 heavy (non-hydrogen) atoms. The molecule has 1 aromatic carbocycles. The van der Waals surface area contributed by atoms with E-state index in [1.165, 1.54) is 11.1 Å². The molecule has 0 unspecified atom stereocenters. The van der Waals surface area contributed by atoms with Crippen LogP contribution in [0.1, 0.15) is 23.5 Å². The van der Waals surface area contributed by atoms with Crippen LogP contribution in [0.15, 0.2) is 36.5 Å². The van der Waals surface area contributed by atoms with Crippen molar-refractivity contribution in [3.05, 3.63) is 52.8 Å². The third-order valence-electron chi connectivity index (χ3n) is 4.34. The minimum absolute atomic E-state index is 0.459. The monoisotopic (exact) mass is 332 g/mol. The van der Waals surface area contributed by atoms with Crippen LogP contribution in [-0.4, -0.2) is 37.2 Å². The van der Waals surface area contributed by atoms with Crippen molar-refractivity contribution < 1.29 is 9.47 Å². The van der Waals surface area contributed by atoms with Gasteiger partial charge in [0.25, 0.3) is 0 Å². The Kier molecular flexibility index (Phi) is 5.03. The Balaban J connectivity index is 1.70. The van der Waals surface area contributed by atoms with Gasteiger partial charge in [-0.1, -0.05) is 17.7 Å². The topological polar surface area (TPSA) is 34.6 Å². The molecule has 0 bridgehead atoms. The molecule has 0 N–H and O–H groups in total. The Bertz CT molecular complexity index is 661. The number of ether oxygens (including phenoxy) is 2. The van der Waals surface area contributed by atoms with E-state index in [0.717, 1.165) is 37.6 Å². The van der Waals surface area contributed by atoms with Crippen LogP contribution in [0, 0.1) is 0 Å². The van der Waals surface area contributed by atoms with Gasteiger partial charge in [-0.15, -0.1) is 0 Å². The van der Waals surface area contributed by atoms with Crippen LogP contribution in [0.4, 0.5) is 0 Å². The van der Waals surface area contributed by atoms with Crippen molar-refractivity contribution in [3.63, 3.8) is 0 Å². The van der Waals surface area contributed by atoms with Gasteiger partial charge in [-0.3, -0.25) is 4.90 Å². The average molecular weight is 333 g/mol. The highest BCUT2D eigenvalue weighted by Crippen LogP contribution is 2.36. The van der Waals surface area contributed by atoms with E-state index in [0.29, 0.717) is 11.1 Å². The summed E-state index contributed by atoms with van der Waals surface area (Å²) in [5.41, 5.74) is 2.41. The molecule has 0 saturated carbocycles. The number of pyridine rings is 1. The van der Waals surface area contributed by atoms with Gasteiger partial charge in [-0.05, 0) is 42.8 Å². The molecule has 1 aliphatic rings. The first-order valence-electron chi connectivity index (χ1n) is 7.74. The second-order valence-electron chi connectivity index (χ2n) is 5.82. The van der Waals surface area contributed by atoms with Crippen LogP contribution in [0.2, 0.25) is 5.15 Å². The van der Waals surface area contributed by atoms with E-state index in [4.69, 9.17) is 21.1 Å². The maximum Gasteiger partial charge on any atom is 0.129 e. The molecule has 1 atom stereocenters. The molecule has 5 heteroatoms. The number of nitrogens with zero attached hydrogens (tertiary/aromatic N) is 2. The molecule has 2 aromatic rings. The highest BCUT2D eigenvalue weighted by Gasteiger charge is 2.26. The fraction of sp³-hybridized carbons (Fsp3) is 0.389. The Morgan fingerprint density at radius 1 is 1.22 bits per heavy atom. The highest BCUT2D eigenvalue weighted by atomic mass is 35.5. The number of rotatable bonds is 5. The first kappa shape index (κ1) is 16.1. The van der Waals surface area contributed by atoms with Gasteiger partial charge in [-0.25, -0.2) is 4.98 Å². The summed E-state index contributed by atoms with van der Waals surface area (Å²) in [6.07, 6.45) is 2.96. The largest absolute Gasteiger partial charge is 0.497 e. The van der Waals surface area contributed by atoms with E-state index < -0.39 is 0 Å². The van der Waals surface area contributed by atoms with Crippen LogP contribution in [0.5, 0.6) is 11.5 Å². The summed E-state index contributed by atoms with van der Waals surface area (Å²) in [7, 11) is 3.41. The molecule has 3 rings (SSSR count). The van der Waals surface area contributed by atoms with Gasteiger partial charge in [0.15, 0.2) is 0 Å².